The fourth-order valence-corrected chi connectivity index (χ4v) is 5.03. The Labute approximate surface area is 205 Å². The molecule has 4 N–H and O–H groups in total. The number of carbonyl (C=O) groups excluding carboxylic acids is 1. The highest BCUT2D eigenvalue weighted by Gasteiger charge is 2.30. The zero-order chi connectivity index (χ0) is 25.1. The topological polar surface area (TPSA) is 67.2 Å². The monoisotopic (exact) mass is 477 g/mol. The molecule has 1 aliphatic carbocycles. The van der Waals surface area contributed by atoms with Gasteiger partial charge in [0.1, 0.15) is 11.6 Å². The van der Waals surface area contributed by atoms with Gasteiger partial charge in [-0.05, 0) is 64.3 Å². The van der Waals surface area contributed by atoms with Gasteiger partial charge < -0.3 is 16.4 Å². The van der Waals surface area contributed by atoms with Crippen molar-refractivity contribution < 1.29 is 13.6 Å². The first-order valence-corrected chi connectivity index (χ1v) is 12.1. The molecule has 0 bridgehead atoms. The van der Waals surface area contributed by atoms with Crippen LogP contribution in [-0.4, -0.2) is 24.5 Å². The van der Waals surface area contributed by atoms with Crippen molar-refractivity contribution in [1.82, 2.24) is 10.6 Å². The molecule has 0 aliphatic heterocycles. The molecule has 3 atom stereocenters. The molecule has 0 aromatic heterocycles. The van der Waals surface area contributed by atoms with Crippen molar-refractivity contribution in [3.8, 4) is 11.1 Å². The summed E-state index contributed by atoms with van der Waals surface area (Å²) < 4.78 is 27.4. The lowest BCUT2D eigenvalue weighted by molar-refractivity contribution is -0.119. The number of nitrogens with one attached hydrogen (secondary N) is 2. The van der Waals surface area contributed by atoms with Crippen molar-refractivity contribution in [1.29, 1.82) is 0 Å². The molecule has 0 saturated carbocycles. The van der Waals surface area contributed by atoms with E-state index in [2.05, 4.69) is 54.8 Å². The maximum absolute atomic E-state index is 13.7. The molecule has 35 heavy (non-hydrogen) atoms. The Bertz CT molecular complexity index is 1190. The number of fused-ring (bicyclic) bond motifs is 3. The summed E-state index contributed by atoms with van der Waals surface area (Å²) in [7, 11) is 0. The third-order valence-electron chi connectivity index (χ3n) is 6.47. The highest BCUT2D eigenvalue weighted by molar-refractivity contribution is 5.79. The summed E-state index contributed by atoms with van der Waals surface area (Å²) in [6, 6.07) is 17.4. The molecule has 184 valence electrons. The molecule has 3 aromatic carbocycles. The summed E-state index contributed by atoms with van der Waals surface area (Å²) in [6.45, 7) is 6.25. The van der Waals surface area contributed by atoms with Crippen LogP contribution in [-0.2, 0) is 17.6 Å². The van der Waals surface area contributed by atoms with Crippen LogP contribution in [0.15, 0.2) is 60.7 Å². The van der Waals surface area contributed by atoms with Crippen molar-refractivity contribution >= 4 is 5.91 Å². The van der Waals surface area contributed by atoms with Gasteiger partial charge in [-0.25, -0.2) is 8.78 Å². The molecule has 4 rings (SSSR count). The summed E-state index contributed by atoms with van der Waals surface area (Å²) in [5.41, 5.74) is 13.1. The molecule has 0 saturated heterocycles. The zero-order valence-electron chi connectivity index (χ0n) is 20.4. The highest BCUT2D eigenvalue weighted by Crippen LogP contribution is 2.43. The van der Waals surface area contributed by atoms with Gasteiger partial charge in [-0.1, -0.05) is 56.3 Å². The molecule has 1 amide bonds. The van der Waals surface area contributed by atoms with E-state index in [1.807, 2.05) is 12.1 Å². The number of amides is 1. The molecule has 6 heteroatoms. The third-order valence-corrected chi connectivity index (χ3v) is 6.47. The van der Waals surface area contributed by atoms with E-state index in [9.17, 15) is 13.6 Å². The Morgan fingerprint density at radius 3 is 2.29 bits per heavy atom. The molecule has 0 heterocycles. The van der Waals surface area contributed by atoms with Crippen molar-refractivity contribution in [2.45, 2.75) is 51.7 Å². The van der Waals surface area contributed by atoms with Crippen LogP contribution in [0, 0.1) is 17.6 Å². The van der Waals surface area contributed by atoms with Crippen molar-refractivity contribution in [3.63, 3.8) is 0 Å². The van der Waals surface area contributed by atoms with Gasteiger partial charge in [0.2, 0.25) is 5.91 Å². The van der Waals surface area contributed by atoms with Gasteiger partial charge in [0.05, 0.1) is 6.04 Å². The zero-order valence-corrected chi connectivity index (χ0v) is 20.4. The largest absolute Gasteiger partial charge is 0.352 e. The maximum atomic E-state index is 13.7. The number of halogens is 2. The molecule has 0 fully saturated rings. The van der Waals surface area contributed by atoms with Gasteiger partial charge in [0.25, 0.3) is 0 Å². The van der Waals surface area contributed by atoms with Gasteiger partial charge in [-0.3, -0.25) is 4.79 Å². The van der Waals surface area contributed by atoms with E-state index in [1.165, 1.54) is 46.9 Å². The molecular formula is C29H33F2N3O. The van der Waals surface area contributed by atoms with E-state index >= 15 is 0 Å². The molecular weight excluding hydrogens is 444 g/mol. The Kier molecular flexibility index (Phi) is 7.63. The highest BCUT2D eigenvalue weighted by atomic mass is 19.1. The normalized spacial score (nSPS) is 16.0. The Hall–Kier alpha value is -3.09. The first-order chi connectivity index (χ1) is 16.7. The minimum Gasteiger partial charge on any atom is -0.352 e. The van der Waals surface area contributed by atoms with Crippen LogP contribution in [0.3, 0.4) is 0 Å². The fraction of sp³-hybridized carbons (Fsp3) is 0.345. The third kappa shape index (κ3) is 5.95. The lowest BCUT2D eigenvalue weighted by atomic mass is 9.96. The van der Waals surface area contributed by atoms with E-state index in [0.29, 0.717) is 18.0 Å². The molecule has 0 radical (unpaired) electrons. The number of nitrogens with two attached hydrogens (primary N) is 1. The van der Waals surface area contributed by atoms with Crippen molar-refractivity contribution in [2.75, 3.05) is 6.54 Å². The second-order valence-electron chi connectivity index (χ2n) is 9.90. The number of hydrogen-bond donors (Lipinski definition) is 3. The average Bonchev–Trinajstić information content (AvgIpc) is 3.08. The minimum absolute atomic E-state index is 0.0241. The van der Waals surface area contributed by atoms with Gasteiger partial charge in [-0.15, -0.1) is 0 Å². The van der Waals surface area contributed by atoms with E-state index < -0.39 is 23.7 Å². The van der Waals surface area contributed by atoms with Crippen LogP contribution in [0.5, 0.6) is 0 Å². The first kappa shape index (κ1) is 25.0. The standard InChI is InChI=1S/C29H33F2N3O/c1-17(2)10-19-8-9-24-23-6-4-5-7-25(23)29(26(24)13-19)33-16-27(32)28(34-18(3)35)14-20-11-21(30)15-22(31)12-20/h4-9,11-13,15,17,27-29,33H,10,14,16,32H2,1-3H3,(H,34,35)/t27-,28-,29?/m0/s1. The average molecular weight is 478 g/mol. The molecule has 0 spiro atoms. The SMILES string of the molecule is CC(=O)N[C@@H](Cc1cc(F)cc(F)c1)[C@@H](N)CNC1c2ccccc2-c2ccc(CC(C)C)cc21. The molecule has 1 aliphatic rings. The smallest absolute Gasteiger partial charge is 0.217 e. The van der Waals surface area contributed by atoms with E-state index in [1.54, 1.807) is 0 Å². The van der Waals surface area contributed by atoms with Gasteiger partial charge in [-0.2, -0.15) is 0 Å². The Morgan fingerprint density at radius 2 is 1.60 bits per heavy atom. The summed E-state index contributed by atoms with van der Waals surface area (Å²) in [4.78, 5) is 11.9. The summed E-state index contributed by atoms with van der Waals surface area (Å²) in [6.07, 6.45) is 1.23. The van der Waals surface area contributed by atoms with Crippen LogP contribution >= 0.6 is 0 Å². The first-order valence-electron chi connectivity index (χ1n) is 12.1. The molecule has 1 unspecified atom stereocenters. The summed E-state index contributed by atoms with van der Waals surface area (Å²) in [5.74, 6) is -0.978. The van der Waals surface area contributed by atoms with E-state index in [-0.39, 0.29) is 18.4 Å². The molecule has 3 aromatic rings. The van der Waals surface area contributed by atoms with E-state index in [0.717, 1.165) is 12.5 Å². The second kappa shape index (κ2) is 10.7. The Morgan fingerprint density at radius 1 is 0.914 bits per heavy atom. The number of rotatable bonds is 9. The predicted octanol–water partition coefficient (Wildman–Crippen LogP) is 4.90. The fourth-order valence-electron chi connectivity index (χ4n) is 5.03. The second-order valence-corrected chi connectivity index (χ2v) is 9.90. The van der Waals surface area contributed by atoms with Gasteiger partial charge >= 0.3 is 0 Å². The van der Waals surface area contributed by atoms with Crippen LogP contribution in [0.25, 0.3) is 11.1 Å². The molecule has 4 nitrogen and oxygen atoms in total. The maximum Gasteiger partial charge on any atom is 0.217 e. The Balaban J connectivity index is 1.55. The van der Waals surface area contributed by atoms with Crippen LogP contribution in [0.4, 0.5) is 8.78 Å². The number of hydrogen-bond acceptors (Lipinski definition) is 3. The van der Waals surface area contributed by atoms with Gasteiger partial charge in [0, 0.05) is 31.6 Å². The summed E-state index contributed by atoms with van der Waals surface area (Å²) in [5, 5.41) is 6.47. The number of benzene rings is 3. The number of carbonyl (C=O) groups is 1. The van der Waals surface area contributed by atoms with E-state index in [4.69, 9.17) is 5.73 Å². The van der Waals surface area contributed by atoms with Crippen LogP contribution in [0.1, 0.15) is 49.1 Å². The minimum atomic E-state index is -0.648. The lowest BCUT2D eigenvalue weighted by Crippen LogP contribution is -2.53. The van der Waals surface area contributed by atoms with Gasteiger partial charge in [0.15, 0.2) is 0 Å². The van der Waals surface area contributed by atoms with Crippen LogP contribution in [0.2, 0.25) is 0 Å². The quantitative estimate of drug-likeness (QED) is 0.411. The lowest BCUT2D eigenvalue weighted by Gasteiger charge is -2.27. The predicted molar refractivity (Wildman–Crippen MR) is 136 cm³/mol. The summed E-state index contributed by atoms with van der Waals surface area (Å²) >= 11 is 0. The van der Waals surface area contributed by atoms with Crippen LogP contribution < -0.4 is 16.4 Å². The van der Waals surface area contributed by atoms with Crippen molar-refractivity contribution in [2.24, 2.45) is 11.7 Å². The van der Waals surface area contributed by atoms with Crippen molar-refractivity contribution in [3.05, 3.63) is 94.6 Å².